The minimum absolute atomic E-state index is 0.00986. The van der Waals surface area contributed by atoms with Crippen LogP contribution in [0.1, 0.15) is 35.1 Å². The first-order chi connectivity index (χ1) is 15.4. The number of benzene rings is 2. The van der Waals surface area contributed by atoms with E-state index in [1.807, 2.05) is 29.7 Å². The second kappa shape index (κ2) is 11.3. The number of amides is 1. The third-order valence-corrected chi connectivity index (χ3v) is 6.27. The van der Waals surface area contributed by atoms with Crippen LogP contribution in [0.5, 0.6) is 5.75 Å². The Kier molecular flexibility index (Phi) is 8.46. The molecular formula is C23H25BrN4O3S. The lowest BCUT2D eigenvalue weighted by atomic mass is 10.1. The Morgan fingerprint density at radius 1 is 1.19 bits per heavy atom. The van der Waals surface area contributed by atoms with Gasteiger partial charge < -0.3 is 10.1 Å². The molecule has 3 rings (SSSR count). The fourth-order valence-corrected chi connectivity index (χ4v) is 4.55. The number of hydrogen-bond donors (Lipinski definition) is 1. The molecule has 7 nitrogen and oxygen atoms in total. The maximum Gasteiger partial charge on any atom is 0.216 e. The van der Waals surface area contributed by atoms with Gasteiger partial charge in [-0.15, -0.1) is 10.2 Å². The zero-order valence-electron chi connectivity index (χ0n) is 18.2. The lowest BCUT2D eigenvalue weighted by Gasteiger charge is -2.11. The van der Waals surface area contributed by atoms with E-state index in [4.69, 9.17) is 4.74 Å². The number of ether oxygens (including phenoxy) is 1. The predicted molar refractivity (Wildman–Crippen MR) is 129 cm³/mol. The Balaban J connectivity index is 1.78. The summed E-state index contributed by atoms with van der Waals surface area (Å²) in [5.74, 6) is 1.64. The number of Topliss-reactive ketones (excluding diaryl/α,β-unsaturated/α-hetero) is 1. The number of halogens is 1. The van der Waals surface area contributed by atoms with E-state index >= 15 is 0 Å². The van der Waals surface area contributed by atoms with Crippen molar-refractivity contribution in [2.75, 3.05) is 19.4 Å². The summed E-state index contributed by atoms with van der Waals surface area (Å²) in [7, 11) is 1.59. The van der Waals surface area contributed by atoms with Gasteiger partial charge in [-0.3, -0.25) is 14.2 Å². The zero-order valence-corrected chi connectivity index (χ0v) is 20.6. The molecule has 0 atom stereocenters. The standard InChI is InChI=1S/C23H25BrN4O3S/c1-15-6-4-7-18(12-15)28-22(8-5-11-25-16(2)29)26-27-23(28)32-14-20(30)17-9-10-21(31-3)19(24)13-17/h4,6-7,9-10,12-13H,5,8,11,14H2,1-3H3,(H,25,29). The maximum absolute atomic E-state index is 12.8. The van der Waals surface area contributed by atoms with E-state index < -0.39 is 0 Å². The Morgan fingerprint density at radius 2 is 2.00 bits per heavy atom. The molecule has 0 bridgehead atoms. The van der Waals surface area contributed by atoms with Crippen molar-refractivity contribution in [3.63, 3.8) is 0 Å². The van der Waals surface area contributed by atoms with Gasteiger partial charge in [0, 0.05) is 31.1 Å². The first-order valence-electron chi connectivity index (χ1n) is 10.1. The number of nitrogens with zero attached hydrogens (tertiary/aromatic N) is 3. The SMILES string of the molecule is COc1ccc(C(=O)CSc2nnc(CCCNC(C)=O)n2-c2cccc(C)c2)cc1Br. The van der Waals surface area contributed by atoms with Gasteiger partial charge in [0.15, 0.2) is 10.9 Å². The Hall–Kier alpha value is -2.65. The van der Waals surface area contributed by atoms with Crippen molar-refractivity contribution in [2.45, 2.75) is 31.8 Å². The highest BCUT2D eigenvalue weighted by atomic mass is 79.9. The summed E-state index contributed by atoms with van der Waals surface area (Å²) in [5.41, 5.74) is 2.67. The van der Waals surface area contributed by atoms with Crippen LogP contribution < -0.4 is 10.1 Å². The number of methoxy groups -OCH3 is 1. The van der Waals surface area contributed by atoms with Crippen molar-refractivity contribution in [2.24, 2.45) is 0 Å². The van der Waals surface area contributed by atoms with Crippen LogP contribution in [0.4, 0.5) is 0 Å². The van der Waals surface area contributed by atoms with Crippen molar-refractivity contribution < 1.29 is 14.3 Å². The van der Waals surface area contributed by atoms with Gasteiger partial charge in [0.25, 0.3) is 0 Å². The predicted octanol–water partition coefficient (Wildman–Crippen LogP) is 4.39. The second-order valence-corrected chi connectivity index (χ2v) is 9.02. The fourth-order valence-electron chi connectivity index (χ4n) is 3.15. The average Bonchev–Trinajstić information content (AvgIpc) is 3.17. The number of carbonyl (C=O) groups is 2. The van der Waals surface area contributed by atoms with Gasteiger partial charge in [-0.05, 0) is 65.2 Å². The minimum Gasteiger partial charge on any atom is -0.496 e. The van der Waals surface area contributed by atoms with Gasteiger partial charge in [-0.2, -0.15) is 0 Å². The molecule has 0 aliphatic heterocycles. The molecule has 0 saturated carbocycles. The molecule has 1 amide bonds. The molecular weight excluding hydrogens is 492 g/mol. The normalized spacial score (nSPS) is 10.8. The molecule has 0 radical (unpaired) electrons. The van der Waals surface area contributed by atoms with Crippen molar-refractivity contribution in [1.29, 1.82) is 0 Å². The number of nitrogens with one attached hydrogen (secondary N) is 1. The number of rotatable bonds is 10. The quantitative estimate of drug-likeness (QED) is 0.244. The molecule has 9 heteroatoms. The molecule has 1 heterocycles. The summed E-state index contributed by atoms with van der Waals surface area (Å²) in [6, 6.07) is 13.4. The highest BCUT2D eigenvalue weighted by Gasteiger charge is 2.17. The van der Waals surface area contributed by atoms with Crippen LogP contribution in [0, 0.1) is 6.92 Å². The van der Waals surface area contributed by atoms with Crippen LogP contribution in [0.15, 0.2) is 52.1 Å². The van der Waals surface area contributed by atoms with E-state index in [-0.39, 0.29) is 17.4 Å². The Labute approximate surface area is 200 Å². The lowest BCUT2D eigenvalue weighted by molar-refractivity contribution is -0.118. The van der Waals surface area contributed by atoms with Gasteiger partial charge in [-0.25, -0.2) is 0 Å². The summed E-state index contributed by atoms with van der Waals surface area (Å²) in [6.45, 7) is 4.11. The number of aryl methyl sites for hydroxylation is 2. The topological polar surface area (TPSA) is 86.1 Å². The molecule has 0 aliphatic carbocycles. The van der Waals surface area contributed by atoms with E-state index in [9.17, 15) is 9.59 Å². The number of ketones is 1. The molecule has 2 aromatic carbocycles. The van der Waals surface area contributed by atoms with Crippen LogP contribution in [0.3, 0.4) is 0 Å². The minimum atomic E-state index is -0.0509. The molecule has 1 aromatic heterocycles. The van der Waals surface area contributed by atoms with Crippen LogP contribution >= 0.6 is 27.7 Å². The monoisotopic (exact) mass is 516 g/mol. The van der Waals surface area contributed by atoms with Gasteiger partial charge in [0.2, 0.25) is 5.91 Å². The van der Waals surface area contributed by atoms with Gasteiger partial charge in [-0.1, -0.05) is 23.9 Å². The van der Waals surface area contributed by atoms with Crippen molar-refractivity contribution in [3.8, 4) is 11.4 Å². The highest BCUT2D eigenvalue weighted by Crippen LogP contribution is 2.28. The third-order valence-electron chi connectivity index (χ3n) is 4.72. The Bertz CT molecular complexity index is 1120. The maximum atomic E-state index is 12.8. The third kappa shape index (κ3) is 6.20. The zero-order chi connectivity index (χ0) is 23.1. The molecule has 3 aromatic rings. The van der Waals surface area contributed by atoms with Gasteiger partial charge >= 0.3 is 0 Å². The van der Waals surface area contributed by atoms with Crippen LogP contribution in [-0.4, -0.2) is 45.9 Å². The largest absolute Gasteiger partial charge is 0.496 e. The molecule has 1 N–H and O–H groups in total. The smallest absolute Gasteiger partial charge is 0.216 e. The lowest BCUT2D eigenvalue weighted by Crippen LogP contribution is -2.21. The van der Waals surface area contributed by atoms with Crippen molar-refractivity contribution in [3.05, 3.63) is 63.9 Å². The number of thioether (sulfide) groups is 1. The molecule has 0 aliphatic rings. The van der Waals surface area contributed by atoms with E-state index in [1.165, 1.54) is 18.7 Å². The van der Waals surface area contributed by atoms with E-state index in [0.717, 1.165) is 28.0 Å². The van der Waals surface area contributed by atoms with Crippen LogP contribution in [-0.2, 0) is 11.2 Å². The molecule has 0 saturated heterocycles. The summed E-state index contributed by atoms with van der Waals surface area (Å²) >= 11 is 4.78. The second-order valence-electron chi connectivity index (χ2n) is 7.22. The summed E-state index contributed by atoms with van der Waals surface area (Å²) < 4.78 is 7.96. The molecule has 0 spiro atoms. The number of aromatic nitrogens is 3. The number of carbonyl (C=O) groups excluding carboxylic acids is 2. The summed E-state index contributed by atoms with van der Waals surface area (Å²) in [6.07, 6.45) is 1.40. The van der Waals surface area contributed by atoms with Gasteiger partial charge in [0.05, 0.1) is 17.3 Å². The van der Waals surface area contributed by atoms with Crippen molar-refractivity contribution in [1.82, 2.24) is 20.1 Å². The molecule has 0 fully saturated rings. The molecule has 168 valence electrons. The first-order valence-corrected chi connectivity index (χ1v) is 11.9. The summed E-state index contributed by atoms with van der Waals surface area (Å²) in [5, 5.41) is 12.2. The molecule has 32 heavy (non-hydrogen) atoms. The van der Waals surface area contributed by atoms with E-state index in [0.29, 0.717) is 29.4 Å². The fraction of sp³-hybridized carbons (Fsp3) is 0.304. The summed E-state index contributed by atoms with van der Waals surface area (Å²) in [4.78, 5) is 23.9. The van der Waals surface area contributed by atoms with E-state index in [2.05, 4.69) is 37.5 Å². The highest BCUT2D eigenvalue weighted by molar-refractivity contribution is 9.10. The van der Waals surface area contributed by atoms with Crippen molar-refractivity contribution >= 4 is 39.4 Å². The Morgan fingerprint density at radius 3 is 2.69 bits per heavy atom. The van der Waals surface area contributed by atoms with Gasteiger partial charge in [0.1, 0.15) is 11.6 Å². The van der Waals surface area contributed by atoms with Crippen LogP contribution in [0.2, 0.25) is 0 Å². The molecule has 0 unspecified atom stereocenters. The van der Waals surface area contributed by atoms with Crippen LogP contribution in [0.25, 0.3) is 5.69 Å². The number of hydrogen-bond acceptors (Lipinski definition) is 6. The first kappa shape index (κ1) is 24.0. The average molecular weight is 517 g/mol. The van der Waals surface area contributed by atoms with E-state index in [1.54, 1.807) is 25.3 Å².